The van der Waals surface area contributed by atoms with Gasteiger partial charge in [0.25, 0.3) is 0 Å². The maximum Gasteiger partial charge on any atom is 0.186 e. The molecular formula is C28H49N7O. The number of piperazine rings is 1. The number of nitrogens with zero attached hydrogens (tertiary/aromatic N) is 5. The van der Waals surface area contributed by atoms with E-state index in [1.165, 1.54) is 17.6 Å². The van der Waals surface area contributed by atoms with E-state index in [1.807, 2.05) is 26.8 Å². The Morgan fingerprint density at radius 1 is 1.08 bits per heavy atom. The van der Waals surface area contributed by atoms with Gasteiger partial charge in [0.2, 0.25) is 0 Å². The smallest absolute Gasteiger partial charge is 0.186 e. The summed E-state index contributed by atoms with van der Waals surface area (Å²) < 4.78 is 0. The number of allylic oxidation sites excluding steroid dienone is 6. The molecule has 0 aromatic carbocycles. The first-order valence-electron chi connectivity index (χ1n) is 13.4. The Balaban J connectivity index is 0.00000137. The summed E-state index contributed by atoms with van der Waals surface area (Å²) in [5, 5.41) is 16.1. The van der Waals surface area contributed by atoms with Crippen molar-refractivity contribution in [2.24, 2.45) is 5.10 Å². The summed E-state index contributed by atoms with van der Waals surface area (Å²) in [6, 6.07) is 0. The van der Waals surface area contributed by atoms with Crippen molar-refractivity contribution in [3.8, 4) is 0 Å². The van der Waals surface area contributed by atoms with Gasteiger partial charge in [-0.15, -0.1) is 0 Å². The van der Waals surface area contributed by atoms with E-state index >= 15 is 0 Å². The molecule has 0 radical (unpaired) electrons. The number of hydrogen-bond donors (Lipinski definition) is 2. The number of ketones is 1. The molecule has 2 heterocycles. The zero-order valence-corrected chi connectivity index (χ0v) is 23.9. The lowest BCUT2D eigenvalue weighted by Gasteiger charge is -2.28. The monoisotopic (exact) mass is 499 g/mol. The molecule has 0 bridgehead atoms. The highest BCUT2D eigenvalue weighted by atomic mass is 16.1. The van der Waals surface area contributed by atoms with Crippen LogP contribution in [0.5, 0.6) is 0 Å². The second-order valence-electron chi connectivity index (χ2n) is 8.10. The molecule has 8 nitrogen and oxygen atoms in total. The van der Waals surface area contributed by atoms with Crippen molar-refractivity contribution in [3.63, 3.8) is 0 Å². The third kappa shape index (κ3) is 11.6. The predicted molar refractivity (Wildman–Crippen MR) is 153 cm³/mol. The minimum absolute atomic E-state index is 0.0931. The van der Waals surface area contributed by atoms with Gasteiger partial charge in [0.05, 0.1) is 23.8 Å². The molecule has 3 rings (SSSR count). The molecule has 1 aromatic heterocycles. The van der Waals surface area contributed by atoms with Crippen LogP contribution >= 0.6 is 0 Å². The lowest BCUT2D eigenvalue weighted by molar-refractivity contribution is -0.111. The summed E-state index contributed by atoms with van der Waals surface area (Å²) in [7, 11) is 0. The molecule has 2 N–H and O–H groups in total. The SMILES string of the molecule is C=C/C(N/N=C(\C)N1CCNCC1)=C1\CC(CC)=CC(n2nccn2)=CC1=O.CC.CCC.CCC. The van der Waals surface area contributed by atoms with Crippen molar-refractivity contribution >= 4 is 17.3 Å². The minimum atomic E-state index is -0.0931. The summed E-state index contributed by atoms with van der Waals surface area (Å²) in [5.41, 5.74) is 6.11. The Morgan fingerprint density at radius 2 is 1.64 bits per heavy atom. The van der Waals surface area contributed by atoms with Gasteiger partial charge in [-0.3, -0.25) is 10.2 Å². The fraction of sp³-hybridized carbons (Fsp3) is 0.571. The van der Waals surface area contributed by atoms with Gasteiger partial charge < -0.3 is 10.2 Å². The van der Waals surface area contributed by atoms with E-state index in [0.29, 0.717) is 23.4 Å². The molecule has 1 fully saturated rings. The molecule has 1 aliphatic carbocycles. The Bertz CT molecular complexity index is 872. The standard InChI is InChI=1S/C20H27N7O.2C3H8.C2H6/c1-4-16-12-17(27-22-6-7-23-27)14-20(28)18(13-16)19(5-2)25-24-15(3)26-10-8-21-9-11-26;2*1-3-2;1-2/h5-7,12,14,21,25H,2,4,8-11,13H2,1,3H3;2*3H2,1-2H3;1-2H3/b19-18-,24-15+;;;. The van der Waals surface area contributed by atoms with Crippen molar-refractivity contribution in [1.82, 2.24) is 30.6 Å². The van der Waals surface area contributed by atoms with Crippen LogP contribution in [0.4, 0.5) is 0 Å². The molecule has 36 heavy (non-hydrogen) atoms. The number of aromatic nitrogens is 3. The third-order valence-electron chi connectivity index (χ3n) is 4.88. The topological polar surface area (TPSA) is 87.4 Å². The van der Waals surface area contributed by atoms with E-state index in [4.69, 9.17) is 0 Å². The first-order chi connectivity index (χ1) is 17.4. The van der Waals surface area contributed by atoms with Gasteiger partial charge in [0.15, 0.2) is 5.78 Å². The Hall–Kier alpha value is -3.00. The molecule has 1 aromatic rings. The molecule has 0 amide bonds. The molecule has 0 atom stereocenters. The fourth-order valence-corrected chi connectivity index (χ4v) is 3.19. The number of rotatable bonds is 5. The molecule has 1 saturated heterocycles. The molecule has 0 unspecified atom stereocenters. The predicted octanol–water partition coefficient (Wildman–Crippen LogP) is 5.56. The fourth-order valence-electron chi connectivity index (χ4n) is 3.19. The summed E-state index contributed by atoms with van der Waals surface area (Å²) in [6.07, 6.45) is 12.2. The van der Waals surface area contributed by atoms with Gasteiger partial charge >= 0.3 is 0 Å². The van der Waals surface area contributed by atoms with Crippen molar-refractivity contribution in [2.45, 2.75) is 81.1 Å². The molecule has 8 heteroatoms. The van der Waals surface area contributed by atoms with Crippen molar-refractivity contribution < 1.29 is 4.79 Å². The summed E-state index contributed by atoms with van der Waals surface area (Å²) in [4.78, 5) is 16.6. The molecule has 2 aliphatic rings. The first-order valence-corrected chi connectivity index (χ1v) is 13.4. The van der Waals surface area contributed by atoms with Gasteiger partial charge in [-0.2, -0.15) is 20.1 Å². The number of hydrazone groups is 1. The number of amidine groups is 1. The van der Waals surface area contributed by atoms with Crippen LogP contribution in [0.3, 0.4) is 0 Å². The minimum Gasteiger partial charge on any atom is -0.356 e. The zero-order chi connectivity index (χ0) is 27.3. The summed E-state index contributed by atoms with van der Waals surface area (Å²) in [5.74, 6) is 0.801. The maximum absolute atomic E-state index is 12.9. The van der Waals surface area contributed by atoms with Gasteiger partial charge in [0.1, 0.15) is 5.84 Å². The molecule has 1 aliphatic heterocycles. The van der Waals surface area contributed by atoms with Gasteiger partial charge in [0, 0.05) is 37.8 Å². The van der Waals surface area contributed by atoms with Gasteiger partial charge in [-0.25, -0.2) is 0 Å². The van der Waals surface area contributed by atoms with Crippen molar-refractivity contribution in [3.05, 3.63) is 54.0 Å². The van der Waals surface area contributed by atoms with Crippen LogP contribution in [-0.4, -0.2) is 57.7 Å². The summed E-state index contributed by atoms with van der Waals surface area (Å²) >= 11 is 0. The average molecular weight is 500 g/mol. The second kappa shape index (κ2) is 20.2. The molecule has 0 spiro atoms. The highest BCUT2D eigenvalue weighted by Crippen LogP contribution is 2.25. The van der Waals surface area contributed by atoms with E-state index < -0.39 is 0 Å². The Morgan fingerprint density at radius 3 is 2.14 bits per heavy atom. The van der Waals surface area contributed by atoms with Crippen LogP contribution in [-0.2, 0) is 4.79 Å². The maximum atomic E-state index is 12.9. The lowest BCUT2D eigenvalue weighted by Crippen LogP contribution is -2.46. The number of carbonyl (C=O) groups excluding carboxylic acids is 1. The van der Waals surface area contributed by atoms with Crippen LogP contribution in [0.15, 0.2) is 59.1 Å². The molecular weight excluding hydrogens is 450 g/mol. The van der Waals surface area contributed by atoms with E-state index in [-0.39, 0.29) is 5.78 Å². The lowest BCUT2D eigenvalue weighted by atomic mass is 10.00. The third-order valence-corrected chi connectivity index (χ3v) is 4.88. The Kier molecular flexibility index (Phi) is 18.5. The van der Waals surface area contributed by atoms with Crippen LogP contribution in [0, 0.1) is 0 Å². The number of carbonyl (C=O) groups is 1. The average Bonchev–Trinajstić information content (AvgIpc) is 3.39. The zero-order valence-electron chi connectivity index (χ0n) is 23.9. The quantitative estimate of drug-likeness (QED) is 0.239. The van der Waals surface area contributed by atoms with Gasteiger partial charge in [-0.1, -0.05) is 73.5 Å². The van der Waals surface area contributed by atoms with E-state index in [0.717, 1.165) is 44.0 Å². The normalized spacial score (nSPS) is 16.9. The van der Waals surface area contributed by atoms with Crippen LogP contribution in [0.1, 0.15) is 81.1 Å². The van der Waals surface area contributed by atoms with Crippen LogP contribution in [0.25, 0.3) is 5.70 Å². The van der Waals surface area contributed by atoms with E-state index in [1.54, 1.807) is 24.5 Å². The second-order valence-corrected chi connectivity index (χ2v) is 8.10. The number of nitrogens with one attached hydrogen (secondary N) is 2. The first kappa shape index (κ1) is 33.0. The highest BCUT2D eigenvalue weighted by Gasteiger charge is 2.19. The molecule has 0 saturated carbocycles. The van der Waals surface area contributed by atoms with E-state index in [2.05, 4.69) is 72.1 Å². The van der Waals surface area contributed by atoms with Crippen molar-refractivity contribution in [1.29, 1.82) is 0 Å². The van der Waals surface area contributed by atoms with Gasteiger partial charge in [-0.05, 0) is 31.9 Å². The van der Waals surface area contributed by atoms with Crippen LogP contribution < -0.4 is 10.7 Å². The number of hydrogen-bond acceptors (Lipinski definition) is 6. The van der Waals surface area contributed by atoms with Crippen LogP contribution in [0.2, 0.25) is 0 Å². The van der Waals surface area contributed by atoms with Crippen molar-refractivity contribution in [2.75, 3.05) is 26.2 Å². The largest absolute Gasteiger partial charge is 0.356 e. The van der Waals surface area contributed by atoms with E-state index in [9.17, 15) is 4.79 Å². The molecule has 202 valence electrons. The Labute approximate surface area is 219 Å². The highest BCUT2D eigenvalue weighted by molar-refractivity contribution is 6.09. The summed E-state index contributed by atoms with van der Waals surface area (Å²) in [6.45, 7) is 24.1.